The van der Waals surface area contributed by atoms with Crippen LogP contribution < -0.4 is 0 Å². The van der Waals surface area contributed by atoms with Crippen molar-refractivity contribution in [3.05, 3.63) is 0 Å². The van der Waals surface area contributed by atoms with Gasteiger partial charge in [-0.05, 0) is 0 Å². The predicted octanol–water partition coefficient (Wildman–Crippen LogP) is -4.26. The molecule has 0 radical (unpaired) electrons. The van der Waals surface area contributed by atoms with Crippen molar-refractivity contribution in [1.29, 1.82) is 0 Å². The normalized spacial score (nSPS) is 0.875. The molecule has 0 rings (SSSR count). The van der Waals surface area contributed by atoms with Crippen molar-refractivity contribution in [3.63, 3.8) is 0 Å². The average Bonchev–Trinajstić information content (AvgIpc) is 1.00. The fourth-order valence-electron chi connectivity index (χ4n) is 0. The zero-order valence-corrected chi connectivity index (χ0v) is 5.92. The maximum absolute atomic E-state index is 4.45. The van der Waals surface area contributed by atoms with E-state index >= 15 is 0 Å². The van der Waals surface area contributed by atoms with E-state index in [1.54, 1.807) is 0 Å². The molecule has 0 amide bonds. The van der Waals surface area contributed by atoms with Crippen LogP contribution in [0.5, 0.6) is 0 Å². The van der Waals surface area contributed by atoms with Gasteiger partial charge in [0.15, 0.2) is 0 Å². The van der Waals surface area contributed by atoms with Crippen molar-refractivity contribution in [1.82, 2.24) is 0 Å². The molecule has 0 aromatic rings. The van der Waals surface area contributed by atoms with E-state index in [4.69, 9.17) is 0 Å². The Kier molecular flexibility index (Phi) is 12000. The Morgan fingerprint density at radius 2 is 0.500 bits per heavy atom. The molecule has 0 spiro atoms. The first kappa shape index (κ1) is 166. The van der Waals surface area contributed by atoms with Crippen LogP contribution in [-0.2, 0) is 20.0 Å². The first-order chi connectivity index (χ1) is 1.00. The molecule has 0 aromatic carbocycles. The fraction of sp³-hybridized carbons (Fsp3) is 0. The summed E-state index contributed by atoms with van der Waals surface area (Å²) >= 11 is 2.42. The van der Waals surface area contributed by atoms with Crippen molar-refractivity contribution >= 4 is 9.19 Å². The van der Waals surface area contributed by atoms with E-state index in [1.165, 1.54) is 0 Å². The standard InChI is InChI=1S/Ag.ClH.6H2O/h;1H;6*1H2/q+1;;;;;;;/p-1. The monoisotopic (exact) mass is 250 g/mol. The molecule has 0 aliphatic rings. The number of hydrogen-bond acceptors (Lipinski definition) is 0. The SMILES string of the molecule is O.O.O.O.O.O.[Cl][Ag]. The van der Waals surface area contributed by atoms with E-state index in [9.17, 15) is 0 Å². The Labute approximate surface area is 62.4 Å². The van der Waals surface area contributed by atoms with Gasteiger partial charge in [-0.15, -0.1) is 0 Å². The van der Waals surface area contributed by atoms with E-state index in [0.717, 1.165) is 0 Å². The molecule has 8 heteroatoms. The van der Waals surface area contributed by atoms with Crippen LogP contribution in [0.1, 0.15) is 0 Å². The number of halogens is 1. The summed E-state index contributed by atoms with van der Waals surface area (Å²) in [6, 6.07) is 0. The van der Waals surface area contributed by atoms with E-state index in [1.807, 2.05) is 0 Å². The van der Waals surface area contributed by atoms with Gasteiger partial charge in [-0.1, -0.05) is 0 Å². The molecular formula is H12AgClO6. The van der Waals surface area contributed by atoms with Gasteiger partial charge in [-0.25, -0.2) is 0 Å². The van der Waals surface area contributed by atoms with Gasteiger partial charge in [0.25, 0.3) is 0 Å². The topological polar surface area (TPSA) is 189 Å². The van der Waals surface area contributed by atoms with Gasteiger partial charge in [-0.3, -0.25) is 0 Å². The van der Waals surface area contributed by atoms with E-state index in [2.05, 4.69) is 29.2 Å². The minimum atomic E-state index is 0. The third-order valence-electron chi connectivity index (χ3n) is 0. The summed E-state index contributed by atoms with van der Waals surface area (Å²) in [4.78, 5) is 0. The molecular weight excluding hydrogens is 239 g/mol. The molecule has 0 aliphatic carbocycles. The van der Waals surface area contributed by atoms with Crippen LogP contribution in [0, 0.1) is 0 Å². The van der Waals surface area contributed by atoms with Crippen molar-refractivity contribution in [3.8, 4) is 0 Å². The second-order valence-corrected chi connectivity index (χ2v) is 0. The van der Waals surface area contributed by atoms with Gasteiger partial charge < -0.3 is 32.9 Å². The average molecular weight is 251 g/mol. The Balaban J connectivity index is -0.000000000333. The molecule has 12 N–H and O–H groups in total. The quantitative estimate of drug-likeness (QED) is 0.377. The van der Waals surface area contributed by atoms with Gasteiger partial charge in [0.05, 0.1) is 0 Å². The molecule has 8 heavy (non-hydrogen) atoms. The fourth-order valence-corrected chi connectivity index (χ4v) is 0. The molecule has 0 saturated carbocycles. The van der Waals surface area contributed by atoms with Gasteiger partial charge in [0, 0.05) is 0 Å². The molecule has 0 atom stereocenters. The summed E-state index contributed by atoms with van der Waals surface area (Å²) in [6.07, 6.45) is 0. The molecule has 0 aromatic heterocycles. The van der Waals surface area contributed by atoms with E-state index in [0.29, 0.717) is 0 Å². The van der Waals surface area contributed by atoms with E-state index < -0.39 is 0 Å². The van der Waals surface area contributed by atoms with E-state index in [-0.39, 0.29) is 32.9 Å². The molecule has 0 unspecified atom stereocenters. The van der Waals surface area contributed by atoms with Crippen molar-refractivity contribution in [2.75, 3.05) is 0 Å². The third kappa shape index (κ3) is 365. The van der Waals surface area contributed by atoms with Gasteiger partial charge in [0.1, 0.15) is 0 Å². The second-order valence-electron chi connectivity index (χ2n) is 0. The molecule has 6 nitrogen and oxygen atoms in total. The maximum atomic E-state index is 4.45. The Morgan fingerprint density at radius 1 is 0.500 bits per heavy atom. The Hall–Kier alpha value is 0.790. The van der Waals surface area contributed by atoms with Crippen LogP contribution in [0.3, 0.4) is 0 Å². The van der Waals surface area contributed by atoms with Crippen LogP contribution in [0.25, 0.3) is 0 Å². The van der Waals surface area contributed by atoms with Crippen LogP contribution in [0.4, 0.5) is 0 Å². The van der Waals surface area contributed by atoms with Crippen LogP contribution in [-0.4, -0.2) is 32.9 Å². The van der Waals surface area contributed by atoms with Crippen molar-refractivity contribution in [2.24, 2.45) is 0 Å². The summed E-state index contributed by atoms with van der Waals surface area (Å²) in [7, 11) is 4.45. The zero-order chi connectivity index (χ0) is 2.00. The predicted molar refractivity (Wildman–Crippen MR) is 27.5 cm³/mol. The number of hydrogen-bond donors (Lipinski definition) is 0. The molecule has 0 aliphatic heterocycles. The molecule has 0 saturated heterocycles. The number of rotatable bonds is 0. The van der Waals surface area contributed by atoms with Crippen molar-refractivity contribution in [2.45, 2.75) is 0 Å². The molecule has 0 bridgehead atoms. The van der Waals surface area contributed by atoms with Gasteiger partial charge >= 0.3 is 29.2 Å². The summed E-state index contributed by atoms with van der Waals surface area (Å²) in [5, 5.41) is 0. The molecule has 0 fully saturated rings. The van der Waals surface area contributed by atoms with Crippen LogP contribution in [0.15, 0.2) is 0 Å². The summed E-state index contributed by atoms with van der Waals surface area (Å²) in [5.74, 6) is 0. The second kappa shape index (κ2) is 575. The summed E-state index contributed by atoms with van der Waals surface area (Å²) < 4.78 is 0. The van der Waals surface area contributed by atoms with Gasteiger partial charge in [-0.2, -0.15) is 0 Å². The van der Waals surface area contributed by atoms with Crippen molar-refractivity contribution < 1.29 is 52.8 Å². The van der Waals surface area contributed by atoms with Crippen LogP contribution >= 0.6 is 9.19 Å². The first-order valence-corrected chi connectivity index (χ1v) is 2.02. The third-order valence-corrected chi connectivity index (χ3v) is 0. The van der Waals surface area contributed by atoms with Crippen LogP contribution in [0.2, 0.25) is 0 Å². The Morgan fingerprint density at radius 3 is 0.500 bits per heavy atom. The van der Waals surface area contributed by atoms with Gasteiger partial charge in [0.2, 0.25) is 0 Å². The molecule has 0 heterocycles. The zero-order valence-electron chi connectivity index (χ0n) is 3.68. The first-order valence-electron chi connectivity index (χ1n) is 0.114. The minimum absolute atomic E-state index is 0. The Bertz CT molecular complexity index is 8.49. The summed E-state index contributed by atoms with van der Waals surface area (Å²) in [5.41, 5.74) is 0. The summed E-state index contributed by atoms with van der Waals surface area (Å²) in [6.45, 7) is 0. The molecule has 66 valence electrons.